The monoisotopic (exact) mass is 448 g/mol. The van der Waals surface area contributed by atoms with Crippen LogP contribution in [-0.2, 0) is 9.59 Å². The number of ether oxygens (including phenoxy) is 1. The minimum absolute atomic E-state index is 0.147. The maximum absolute atomic E-state index is 12.9. The molecule has 2 N–H and O–H groups in total. The molecular weight excluding hydrogens is 428 g/mol. The lowest BCUT2D eigenvalue weighted by atomic mass is 10.2. The maximum Gasteiger partial charge on any atom is 0.303 e. The molecule has 9 nitrogen and oxygen atoms in total. The Morgan fingerprint density at radius 3 is 2.44 bits per heavy atom. The summed E-state index contributed by atoms with van der Waals surface area (Å²) in [5.74, 6) is 0.254. The van der Waals surface area contributed by atoms with E-state index in [-0.39, 0.29) is 17.5 Å². The summed E-state index contributed by atoms with van der Waals surface area (Å²) >= 11 is 1.33. The summed E-state index contributed by atoms with van der Waals surface area (Å²) in [4.78, 5) is 28.6. The lowest BCUT2D eigenvalue weighted by molar-refractivity contribution is -0.114. The van der Waals surface area contributed by atoms with Gasteiger partial charge in [-0.2, -0.15) is 15.2 Å². The van der Waals surface area contributed by atoms with E-state index < -0.39 is 0 Å². The molecule has 2 aromatic carbocycles. The molecule has 0 bridgehead atoms. The number of aromatic nitrogens is 1. The van der Waals surface area contributed by atoms with E-state index in [1.54, 1.807) is 38.3 Å². The van der Waals surface area contributed by atoms with Gasteiger partial charge in [-0.3, -0.25) is 15.0 Å². The molecule has 0 aliphatic carbocycles. The first-order valence-electron chi connectivity index (χ1n) is 9.66. The molecule has 2 heterocycles. The third-order valence-electron chi connectivity index (χ3n) is 4.55. The van der Waals surface area contributed by atoms with E-state index in [1.165, 1.54) is 23.3 Å². The molecule has 162 valence electrons. The van der Waals surface area contributed by atoms with Crippen molar-refractivity contribution in [2.45, 2.75) is 13.8 Å². The summed E-state index contributed by atoms with van der Waals surface area (Å²) in [5.41, 5.74) is 6.55. The number of hydrazone groups is 2. The van der Waals surface area contributed by atoms with Crippen molar-refractivity contribution in [1.82, 2.24) is 4.98 Å². The molecule has 2 amide bonds. The van der Waals surface area contributed by atoms with Gasteiger partial charge in [0.25, 0.3) is 0 Å². The van der Waals surface area contributed by atoms with Crippen molar-refractivity contribution in [1.29, 1.82) is 0 Å². The first kappa shape index (κ1) is 21.2. The van der Waals surface area contributed by atoms with Crippen molar-refractivity contribution in [2.75, 3.05) is 22.9 Å². The summed E-state index contributed by atoms with van der Waals surface area (Å²) in [7, 11) is 1.62. The Hall–Kier alpha value is -4.05. The van der Waals surface area contributed by atoms with Gasteiger partial charge in [0.05, 0.1) is 24.2 Å². The van der Waals surface area contributed by atoms with Gasteiger partial charge in [-0.25, -0.2) is 4.98 Å². The number of hydrogen-bond donors (Lipinski definition) is 2. The zero-order chi connectivity index (χ0) is 22.7. The molecule has 1 aromatic heterocycles. The molecular formula is C22H20N6O3S. The standard InChI is InChI=1S/C22H20N6O3S/c1-13-20(26-25-17-8-6-16(7-9-17)23-14(2)29)21(30)28(27-13)22-24-19(12-32-22)15-4-10-18(31-3)11-5-15/h4-12,25H,1-3H3,(H,23,29)/b26-20+. The zero-order valence-corrected chi connectivity index (χ0v) is 18.4. The molecule has 0 atom stereocenters. The van der Waals surface area contributed by atoms with E-state index in [1.807, 2.05) is 29.6 Å². The number of carbonyl (C=O) groups excluding carboxylic acids is 2. The molecule has 3 aromatic rings. The van der Waals surface area contributed by atoms with Crippen LogP contribution < -0.4 is 20.5 Å². The number of thiazole rings is 1. The first-order chi connectivity index (χ1) is 15.4. The van der Waals surface area contributed by atoms with Gasteiger partial charge in [0.15, 0.2) is 5.71 Å². The highest BCUT2D eigenvalue weighted by Gasteiger charge is 2.32. The maximum atomic E-state index is 12.9. The van der Waals surface area contributed by atoms with Crippen molar-refractivity contribution in [3.8, 4) is 17.0 Å². The number of amides is 2. The van der Waals surface area contributed by atoms with Crippen molar-refractivity contribution >= 4 is 51.1 Å². The molecule has 0 radical (unpaired) electrons. The van der Waals surface area contributed by atoms with Crippen molar-refractivity contribution in [2.24, 2.45) is 10.2 Å². The summed E-state index contributed by atoms with van der Waals surface area (Å²) in [6, 6.07) is 14.5. The van der Waals surface area contributed by atoms with Crippen LogP contribution in [0, 0.1) is 0 Å². The minimum atomic E-state index is -0.361. The highest BCUT2D eigenvalue weighted by Crippen LogP contribution is 2.30. The molecule has 1 aliphatic rings. The van der Waals surface area contributed by atoms with Gasteiger partial charge in [-0.05, 0) is 55.5 Å². The summed E-state index contributed by atoms with van der Waals surface area (Å²) < 4.78 is 5.18. The predicted molar refractivity (Wildman–Crippen MR) is 127 cm³/mol. The summed E-state index contributed by atoms with van der Waals surface area (Å²) in [5, 5.41) is 14.8. The minimum Gasteiger partial charge on any atom is -0.497 e. The lowest BCUT2D eigenvalue weighted by Crippen LogP contribution is -2.27. The van der Waals surface area contributed by atoms with E-state index in [2.05, 4.69) is 25.9 Å². The fourth-order valence-corrected chi connectivity index (χ4v) is 3.74. The van der Waals surface area contributed by atoms with Crippen LogP contribution in [-0.4, -0.2) is 35.3 Å². The van der Waals surface area contributed by atoms with Gasteiger partial charge in [-0.1, -0.05) is 0 Å². The van der Waals surface area contributed by atoms with Gasteiger partial charge in [0, 0.05) is 23.6 Å². The molecule has 10 heteroatoms. The third kappa shape index (κ3) is 4.49. The van der Waals surface area contributed by atoms with E-state index >= 15 is 0 Å². The van der Waals surface area contributed by atoms with Crippen molar-refractivity contribution < 1.29 is 14.3 Å². The van der Waals surface area contributed by atoms with Crippen molar-refractivity contribution in [3.05, 3.63) is 53.9 Å². The van der Waals surface area contributed by atoms with Gasteiger partial charge < -0.3 is 10.1 Å². The van der Waals surface area contributed by atoms with E-state index in [4.69, 9.17) is 4.74 Å². The molecule has 0 saturated heterocycles. The second-order valence-electron chi connectivity index (χ2n) is 6.88. The molecule has 0 fully saturated rings. The largest absolute Gasteiger partial charge is 0.497 e. The SMILES string of the molecule is COc1ccc(-c2csc(N3N=C(C)/C(=N\Nc4ccc(NC(C)=O)cc4)C3=O)n2)cc1. The fourth-order valence-electron chi connectivity index (χ4n) is 2.96. The summed E-state index contributed by atoms with van der Waals surface area (Å²) in [6.07, 6.45) is 0. The second-order valence-corrected chi connectivity index (χ2v) is 7.71. The first-order valence-corrected chi connectivity index (χ1v) is 10.5. The smallest absolute Gasteiger partial charge is 0.303 e. The Morgan fingerprint density at radius 1 is 1.09 bits per heavy atom. The van der Waals surface area contributed by atoms with Crippen LogP contribution >= 0.6 is 11.3 Å². The van der Waals surface area contributed by atoms with Crippen molar-refractivity contribution in [3.63, 3.8) is 0 Å². The molecule has 32 heavy (non-hydrogen) atoms. The van der Waals surface area contributed by atoms with Crippen LogP contribution in [0.25, 0.3) is 11.3 Å². The topological polar surface area (TPSA) is 108 Å². The number of hydrogen-bond acceptors (Lipinski definition) is 8. The quantitative estimate of drug-likeness (QED) is 0.555. The Morgan fingerprint density at radius 2 is 1.78 bits per heavy atom. The third-order valence-corrected chi connectivity index (χ3v) is 5.36. The number of nitrogens with zero attached hydrogens (tertiary/aromatic N) is 4. The molecule has 0 saturated carbocycles. The normalized spacial score (nSPS) is 14.5. The van der Waals surface area contributed by atoms with Crippen LogP contribution in [0.2, 0.25) is 0 Å². The number of nitrogens with one attached hydrogen (secondary N) is 2. The molecule has 1 aliphatic heterocycles. The van der Waals surface area contributed by atoms with Crippen LogP contribution in [0.3, 0.4) is 0 Å². The van der Waals surface area contributed by atoms with Crippen LogP contribution in [0.1, 0.15) is 13.8 Å². The summed E-state index contributed by atoms with van der Waals surface area (Å²) in [6.45, 7) is 3.16. The number of benzene rings is 2. The van der Waals surface area contributed by atoms with Gasteiger partial charge >= 0.3 is 5.91 Å². The van der Waals surface area contributed by atoms with Crippen LogP contribution in [0.5, 0.6) is 5.75 Å². The second kappa shape index (κ2) is 8.98. The average Bonchev–Trinajstić information content (AvgIpc) is 3.38. The lowest BCUT2D eigenvalue weighted by Gasteiger charge is -2.07. The number of rotatable bonds is 6. The molecule has 4 rings (SSSR count). The Bertz CT molecular complexity index is 1220. The Balaban J connectivity index is 1.47. The van der Waals surface area contributed by atoms with Crippen LogP contribution in [0.15, 0.2) is 64.1 Å². The highest BCUT2D eigenvalue weighted by atomic mass is 32.1. The van der Waals surface area contributed by atoms with Gasteiger partial charge in [0.2, 0.25) is 11.0 Å². The van der Waals surface area contributed by atoms with E-state index in [0.717, 1.165) is 17.0 Å². The zero-order valence-electron chi connectivity index (χ0n) is 17.6. The van der Waals surface area contributed by atoms with Gasteiger partial charge in [0.1, 0.15) is 5.75 Å². The average molecular weight is 449 g/mol. The fraction of sp³-hybridized carbons (Fsp3) is 0.136. The predicted octanol–water partition coefficient (Wildman–Crippen LogP) is 3.97. The number of methoxy groups -OCH3 is 1. The van der Waals surface area contributed by atoms with Gasteiger partial charge in [-0.15, -0.1) is 11.3 Å². The Labute approximate surface area is 188 Å². The number of carbonyl (C=O) groups is 2. The Kier molecular flexibility index (Phi) is 5.95. The van der Waals surface area contributed by atoms with Crippen LogP contribution in [0.4, 0.5) is 16.5 Å². The molecule has 0 unspecified atom stereocenters. The number of anilines is 3. The highest BCUT2D eigenvalue weighted by molar-refractivity contribution is 7.14. The van der Waals surface area contributed by atoms with E-state index in [9.17, 15) is 9.59 Å². The van der Waals surface area contributed by atoms with E-state index in [0.29, 0.717) is 22.2 Å². The molecule has 0 spiro atoms.